The third kappa shape index (κ3) is 5.62. The fourth-order valence-corrected chi connectivity index (χ4v) is 5.26. The van der Waals surface area contributed by atoms with Crippen LogP contribution < -0.4 is 0 Å². The highest BCUT2D eigenvalue weighted by Gasteiger charge is 2.34. The minimum atomic E-state index is -0.992. The number of hydrogen-bond acceptors (Lipinski definition) is 6. The number of carbonyl (C=O) groups is 2. The van der Waals surface area contributed by atoms with Gasteiger partial charge in [0.25, 0.3) is 5.91 Å². The molecule has 4 aromatic rings. The minimum absolute atomic E-state index is 0.189. The van der Waals surface area contributed by atoms with Crippen molar-refractivity contribution in [3.05, 3.63) is 119 Å². The number of carboxylic acids is 1. The summed E-state index contributed by atoms with van der Waals surface area (Å²) in [4.78, 5) is 32.4. The third-order valence-electron chi connectivity index (χ3n) is 5.25. The van der Waals surface area contributed by atoms with Crippen molar-refractivity contribution >= 4 is 52.3 Å². The topological polar surface area (TPSA) is 83.1 Å². The van der Waals surface area contributed by atoms with E-state index in [0.717, 1.165) is 21.2 Å². The molecule has 0 saturated carbocycles. The first-order chi connectivity index (χ1) is 17.5. The summed E-state index contributed by atoms with van der Waals surface area (Å²) >= 11 is 2.79. The SMILES string of the molecule is O=C(O)c1ccc(CN2C(=O)/C(=C/c3ccc(Sc4ccccc4)o3)SC2=Nc2ccccc2)cc1. The molecule has 0 spiro atoms. The number of benzene rings is 3. The molecule has 5 rings (SSSR count). The summed E-state index contributed by atoms with van der Waals surface area (Å²) in [6, 6.07) is 29.6. The van der Waals surface area contributed by atoms with Gasteiger partial charge in [0.1, 0.15) is 5.76 Å². The first-order valence-electron chi connectivity index (χ1n) is 11.1. The molecule has 0 atom stereocenters. The van der Waals surface area contributed by atoms with Gasteiger partial charge in [-0.25, -0.2) is 9.79 Å². The smallest absolute Gasteiger partial charge is 0.335 e. The van der Waals surface area contributed by atoms with Gasteiger partial charge in [0.05, 0.1) is 22.7 Å². The molecule has 0 unspecified atom stereocenters. The average Bonchev–Trinajstić information content (AvgIpc) is 3.45. The molecule has 1 saturated heterocycles. The van der Waals surface area contributed by atoms with Crippen LogP contribution in [0.3, 0.4) is 0 Å². The number of rotatable bonds is 7. The number of amides is 1. The van der Waals surface area contributed by atoms with Crippen molar-refractivity contribution in [3.8, 4) is 0 Å². The van der Waals surface area contributed by atoms with Gasteiger partial charge in [-0.3, -0.25) is 9.69 Å². The summed E-state index contributed by atoms with van der Waals surface area (Å²) in [5.41, 5.74) is 1.73. The summed E-state index contributed by atoms with van der Waals surface area (Å²) in [6.45, 7) is 0.266. The molecule has 0 bridgehead atoms. The van der Waals surface area contributed by atoms with E-state index >= 15 is 0 Å². The summed E-state index contributed by atoms with van der Waals surface area (Å²) in [5, 5.41) is 10.4. The number of aliphatic imine (C=N–C) groups is 1. The van der Waals surface area contributed by atoms with Crippen LogP contribution >= 0.6 is 23.5 Å². The largest absolute Gasteiger partial charge is 0.478 e. The molecule has 1 aromatic heterocycles. The molecule has 1 amide bonds. The quantitative estimate of drug-likeness (QED) is 0.270. The number of hydrogen-bond donors (Lipinski definition) is 1. The van der Waals surface area contributed by atoms with E-state index in [1.165, 1.54) is 35.7 Å². The Kier molecular flexibility index (Phi) is 7.06. The van der Waals surface area contributed by atoms with Crippen molar-refractivity contribution < 1.29 is 19.1 Å². The maximum Gasteiger partial charge on any atom is 0.335 e. The van der Waals surface area contributed by atoms with E-state index in [0.29, 0.717) is 15.8 Å². The van der Waals surface area contributed by atoms with Crippen LogP contribution in [0.4, 0.5) is 5.69 Å². The Bertz CT molecular complexity index is 1450. The number of carboxylic acid groups (broad SMARTS) is 1. The summed E-state index contributed by atoms with van der Waals surface area (Å²) in [5.74, 6) is -0.601. The Hall–Kier alpha value is -4.01. The van der Waals surface area contributed by atoms with Crippen LogP contribution in [0.2, 0.25) is 0 Å². The molecule has 1 N–H and O–H groups in total. The fourth-order valence-electron chi connectivity index (χ4n) is 3.48. The molecule has 6 nitrogen and oxygen atoms in total. The lowest BCUT2D eigenvalue weighted by Crippen LogP contribution is -2.28. The average molecular weight is 513 g/mol. The number of carbonyl (C=O) groups excluding carboxylic acids is 1. The molecule has 1 aliphatic rings. The van der Waals surface area contributed by atoms with Crippen molar-refractivity contribution in [2.75, 3.05) is 0 Å². The fraction of sp³-hybridized carbons (Fsp3) is 0.0357. The number of nitrogens with zero attached hydrogens (tertiary/aromatic N) is 2. The molecule has 8 heteroatoms. The predicted octanol–water partition coefficient (Wildman–Crippen LogP) is 6.93. The molecule has 3 aromatic carbocycles. The van der Waals surface area contributed by atoms with Crippen LogP contribution in [-0.2, 0) is 11.3 Å². The van der Waals surface area contributed by atoms with Crippen molar-refractivity contribution in [2.24, 2.45) is 4.99 Å². The summed E-state index contributed by atoms with van der Waals surface area (Å²) in [7, 11) is 0. The normalized spacial score (nSPS) is 15.7. The monoisotopic (exact) mass is 512 g/mol. The standard InChI is InChI=1S/C28H20N2O4S2/c31-26-24(17-22-15-16-25(34-22)35-23-9-5-2-6-10-23)36-28(29-21-7-3-1-4-8-21)30(26)18-19-11-13-20(14-12-19)27(32)33/h1-17H,18H2,(H,32,33)/b24-17-,29-28?. The Morgan fingerprint density at radius 1 is 0.944 bits per heavy atom. The molecule has 1 fully saturated rings. The lowest BCUT2D eigenvalue weighted by atomic mass is 10.1. The number of furan rings is 1. The second-order valence-electron chi connectivity index (χ2n) is 7.81. The summed E-state index contributed by atoms with van der Waals surface area (Å²) < 4.78 is 5.95. The second kappa shape index (κ2) is 10.7. The molecular weight excluding hydrogens is 492 g/mol. The van der Waals surface area contributed by atoms with E-state index in [2.05, 4.69) is 0 Å². The number of aromatic carboxylic acids is 1. The van der Waals surface area contributed by atoms with Crippen LogP contribution in [-0.4, -0.2) is 27.1 Å². The predicted molar refractivity (Wildman–Crippen MR) is 142 cm³/mol. The number of amidine groups is 1. The maximum atomic E-state index is 13.4. The number of para-hydroxylation sites is 1. The van der Waals surface area contributed by atoms with Gasteiger partial charge >= 0.3 is 5.97 Å². The van der Waals surface area contributed by atoms with Gasteiger partial charge in [-0.15, -0.1) is 0 Å². The van der Waals surface area contributed by atoms with Crippen LogP contribution in [0.25, 0.3) is 6.08 Å². The van der Waals surface area contributed by atoms with Crippen molar-refractivity contribution in [2.45, 2.75) is 16.5 Å². The van der Waals surface area contributed by atoms with Crippen LogP contribution in [0.15, 0.2) is 121 Å². The zero-order valence-corrected chi connectivity index (χ0v) is 20.5. The van der Waals surface area contributed by atoms with E-state index < -0.39 is 5.97 Å². The molecule has 1 aliphatic heterocycles. The van der Waals surface area contributed by atoms with Crippen molar-refractivity contribution in [1.82, 2.24) is 4.90 Å². The van der Waals surface area contributed by atoms with E-state index in [1.807, 2.05) is 72.8 Å². The molecular formula is C28H20N2O4S2. The van der Waals surface area contributed by atoms with Gasteiger partial charge in [0.15, 0.2) is 10.3 Å². The summed E-state index contributed by atoms with van der Waals surface area (Å²) in [6.07, 6.45) is 1.73. The van der Waals surface area contributed by atoms with Crippen molar-refractivity contribution in [1.29, 1.82) is 0 Å². The third-order valence-corrected chi connectivity index (χ3v) is 7.18. The highest BCUT2D eigenvalue weighted by Crippen LogP contribution is 2.36. The zero-order chi connectivity index (χ0) is 24.9. The van der Waals surface area contributed by atoms with E-state index in [9.17, 15) is 9.59 Å². The van der Waals surface area contributed by atoms with Gasteiger partial charge in [-0.2, -0.15) is 0 Å². The Morgan fingerprint density at radius 2 is 1.64 bits per heavy atom. The van der Waals surface area contributed by atoms with Gasteiger partial charge in [0, 0.05) is 11.0 Å². The molecule has 178 valence electrons. The lowest BCUT2D eigenvalue weighted by Gasteiger charge is -2.16. The van der Waals surface area contributed by atoms with Crippen LogP contribution in [0, 0.1) is 0 Å². The zero-order valence-electron chi connectivity index (χ0n) is 18.9. The van der Waals surface area contributed by atoms with Gasteiger partial charge in [0.2, 0.25) is 0 Å². The maximum absolute atomic E-state index is 13.4. The molecule has 2 heterocycles. The first kappa shape index (κ1) is 23.7. The van der Waals surface area contributed by atoms with Gasteiger partial charge in [-0.05, 0) is 65.9 Å². The van der Waals surface area contributed by atoms with E-state index in [-0.39, 0.29) is 18.0 Å². The highest BCUT2D eigenvalue weighted by molar-refractivity contribution is 8.18. The van der Waals surface area contributed by atoms with Gasteiger partial charge < -0.3 is 9.52 Å². The van der Waals surface area contributed by atoms with Crippen LogP contribution in [0.5, 0.6) is 0 Å². The van der Waals surface area contributed by atoms with Crippen molar-refractivity contribution in [3.63, 3.8) is 0 Å². The van der Waals surface area contributed by atoms with Gasteiger partial charge in [-0.1, -0.05) is 60.3 Å². The highest BCUT2D eigenvalue weighted by atomic mass is 32.2. The molecule has 0 radical (unpaired) electrons. The minimum Gasteiger partial charge on any atom is -0.478 e. The molecule has 0 aliphatic carbocycles. The lowest BCUT2D eigenvalue weighted by molar-refractivity contribution is -0.122. The van der Waals surface area contributed by atoms with E-state index in [4.69, 9.17) is 14.5 Å². The Morgan fingerprint density at radius 3 is 2.33 bits per heavy atom. The van der Waals surface area contributed by atoms with Crippen LogP contribution in [0.1, 0.15) is 21.7 Å². The molecule has 36 heavy (non-hydrogen) atoms. The Labute approximate surface area is 216 Å². The second-order valence-corrected chi connectivity index (χ2v) is 9.89. The van der Waals surface area contributed by atoms with E-state index in [1.54, 1.807) is 23.1 Å². The first-order valence-corrected chi connectivity index (χ1v) is 12.7. The number of thioether (sulfide) groups is 1. The Balaban J connectivity index is 1.41.